The summed E-state index contributed by atoms with van der Waals surface area (Å²) in [5, 5.41) is 22.9. The van der Waals surface area contributed by atoms with E-state index in [1.807, 2.05) is 78.9 Å². The second kappa shape index (κ2) is 34.8. The zero-order valence-electron chi connectivity index (χ0n) is 77.7. The summed E-state index contributed by atoms with van der Waals surface area (Å²) in [5.41, 5.74) is 28.7. The van der Waals surface area contributed by atoms with E-state index in [4.69, 9.17) is 15.0 Å². The highest BCUT2D eigenvalue weighted by atomic mass is 31.2. The van der Waals surface area contributed by atoms with E-state index in [9.17, 15) is 4.57 Å². The van der Waals surface area contributed by atoms with Gasteiger partial charge in [0.15, 0.2) is 7.14 Å². The maximum atomic E-state index is 14.9. The second-order valence-corrected chi connectivity index (χ2v) is 39.7. The molecule has 0 fully saturated rings. The number of aromatic nitrogens is 6. The first-order chi connectivity index (χ1) is 70.8. The highest BCUT2D eigenvalue weighted by Gasteiger charge is 2.31. The summed E-state index contributed by atoms with van der Waals surface area (Å²) in [6, 6.07) is 187. The van der Waals surface area contributed by atoms with Gasteiger partial charge in [0.05, 0.1) is 55.3 Å². The molecule has 143 heavy (non-hydrogen) atoms. The molecule has 0 radical (unpaired) electrons. The first-order valence-electron chi connectivity index (χ1n) is 48.6. The van der Waals surface area contributed by atoms with Gasteiger partial charge in [-0.25, -0.2) is 15.0 Å². The molecule has 23 aromatic carbocycles. The first kappa shape index (κ1) is 83.7. The van der Waals surface area contributed by atoms with Crippen molar-refractivity contribution in [1.29, 1.82) is 0 Å². The van der Waals surface area contributed by atoms with Crippen molar-refractivity contribution >= 4 is 215 Å². The summed E-state index contributed by atoms with van der Waals surface area (Å²) in [7, 11) is -3.04. The number of imidazole rings is 3. The Morgan fingerprint density at radius 3 is 0.846 bits per heavy atom. The molecule has 0 aliphatic carbocycles. The zero-order chi connectivity index (χ0) is 94.6. The molecule has 0 aliphatic heterocycles. The summed E-state index contributed by atoms with van der Waals surface area (Å²) >= 11 is 0. The number of fused-ring (bicyclic) bond motifs is 28. The molecule has 0 amide bonds. The Bertz CT molecular complexity index is 9990. The first-order valence-corrected chi connectivity index (χ1v) is 50.3. The van der Waals surface area contributed by atoms with Crippen molar-refractivity contribution in [1.82, 2.24) is 28.2 Å². The van der Waals surface area contributed by atoms with Gasteiger partial charge in [-0.05, 0) is 268 Å². The Morgan fingerprint density at radius 1 is 0.168 bits per heavy atom. The summed E-state index contributed by atoms with van der Waals surface area (Å²) in [6.07, 6.45) is 0. The molecule has 9 nitrogen and oxygen atoms in total. The lowest BCUT2D eigenvalue weighted by molar-refractivity contribution is 0.592. The van der Waals surface area contributed by atoms with Crippen LogP contribution in [0.4, 0.5) is 34.1 Å². The van der Waals surface area contributed by atoms with Crippen LogP contribution in [-0.2, 0) is 4.57 Å². The van der Waals surface area contributed by atoms with Crippen LogP contribution in [0.2, 0.25) is 0 Å². The maximum absolute atomic E-state index is 14.9. The number of para-hydroxylation sites is 7. The van der Waals surface area contributed by atoms with Crippen LogP contribution >= 0.6 is 7.14 Å². The molecule has 0 spiro atoms. The Morgan fingerprint density at radius 2 is 0.441 bits per heavy atom. The van der Waals surface area contributed by atoms with Crippen LogP contribution in [0, 0.1) is 0 Å². The lowest BCUT2D eigenvalue weighted by atomic mass is 9.97. The van der Waals surface area contributed by atoms with Crippen molar-refractivity contribution in [2.45, 2.75) is 0 Å². The fourth-order valence-electron chi connectivity index (χ4n) is 21.7. The lowest BCUT2D eigenvalue weighted by Gasteiger charge is -2.27. The molecule has 29 rings (SSSR count). The number of rotatable bonds is 13. The van der Waals surface area contributed by atoms with Gasteiger partial charge in [-0.3, -0.25) is 13.2 Å². The van der Waals surface area contributed by atoms with Gasteiger partial charge >= 0.3 is 0 Å². The zero-order valence-corrected chi connectivity index (χ0v) is 78.6. The number of hydrogen-bond acceptors (Lipinski definition) is 6. The third kappa shape index (κ3) is 14.5. The van der Waals surface area contributed by atoms with E-state index in [0.717, 1.165) is 139 Å². The summed E-state index contributed by atoms with van der Waals surface area (Å²) in [4.78, 5) is 20.1. The fourth-order valence-corrected chi connectivity index (χ4v) is 24.4. The van der Waals surface area contributed by atoms with Gasteiger partial charge in [-0.1, -0.05) is 358 Å². The van der Waals surface area contributed by atoms with Crippen molar-refractivity contribution in [2.75, 3.05) is 9.80 Å². The number of hydrogen-bond donors (Lipinski definition) is 0. The molecule has 10 heteroatoms. The number of anilines is 6. The lowest BCUT2D eigenvalue weighted by Crippen LogP contribution is -2.24. The summed E-state index contributed by atoms with van der Waals surface area (Å²) < 4.78 is 21.9. The molecule has 6 aromatic heterocycles. The molecule has 0 atom stereocenters. The SMILES string of the molecule is O=P(c1ccccc1)(c1ccccc1)c1ccc(-c2ccc3c(c2)c2cc4ccccc4cc2c2nc4ccccc4n32)cc1.c1ccc(-c2ccc(N(c3ccc(-c4ccccc4)cc3)c3ccc4c(c3)c3cc5ccccc5cc3c3nc5ccccc5n43)cc2)cc1.c1ccc(N(c2ccc(-c3ccc4c(c3)c3cc5ccccc5cc3c3nc5ccccc5n43)cc2)c2cccc3ccccc23)cc1. The van der Waals surface area contributed by atoms with Gasteiger partial charge in [0, 0.05) is 82.1 Å². The maximum Gasteiger partial charge on any atom is 0.171 e. The Kier molecular flexibility index (Phi) is 20.4. The molecule has 0 aliphatic rings. The molecule has 0 N–H and O–H groups in total. The highest BCUT2D eigenvalue weighted by molar-refractivity contribution is 7.85. The van der Waals surface area contributed by atoms with Gasteiger partial charge in [-0.2, -0.15) is 0 Å². The van der Waals surface area contributed by atoms with E-state index >= 15 is 0 Å². The Balaban J connectivity index is 0.000000107. The number of pyridine rings is 3. The minimum Gasteiger partial charge on any atom is -0.310 e. The minimum atomic E-state index is -3.04. The predicted octanol–water partition coefficient (Wildman–Crippen LogP) is 34.2. The normalized spacial score (nSPS) is 11.8. The largest absolute Gasteiger partial charge is 0.310 e. The Hall–Kier alpha value is -18.7. The predicted molar refractivity (Wildman–Crippen MR) is 604 cm³/mol. The molecule has 0 bridgehead atoms. The average molecular weight is 1840 g/mol. The van der Waals surface area contributed by atoms with Crippen molar-refractivity contribution < 1.29 is 4.57 Å². The molecule has 670 valence electrons. The van der Waals surface area contributed by atoms with Crippen LogP contribution < -0.4 is 25.7 Å². The van der Waals surface area contributed by atoms with Gasteiger partial charge in [0.25, 0.3) is 0 Å². The van der Waals surface area contributed by atoms with Gasteiger partial charge in [0.2, 0.25) is 0 Å². The minimum absolute atomic E-state index is 0.827. The van der Waals surface area contributed by atoms with Crippen LogP contribution in [0.25, 0.3) is 203 Å². The average Bonchev–Trinajstić information content (AvgIpc) is 1.60. The fraction of sp³-hybridized carbons (Fsp3) is 0. The topological polar surface area (TPSA) is 75.5 Å². The molecule has 0 unspecified atom stereocenters. The molecular formula is C133H87N8OP. The van der Waals surface area contributed by atoms with E-state index < -0.39 is 7.14 Å². The monoisotopic (exact) mass is 1840 g/mol. The van der Waals surface area contributed by atoms with Crippen LogP contribution in [0.3, 0.4) is 0 Å². The molecule has 0 saturated heterocycles. The summed E-state index contributed by atoms with van der Waals surface area (Å²) in [5.74, 6) is 0. The second-order valence-electron chi connectivity index (χ2n) is 36.9. The third-order valence-corrected chi connectivity index (χ3v) is 31.7. The van der Waals surface area contributed by atoms with Crippen LogP contribution in [0.5, 0.6) is 0 Å². The number of nitrogens with zero attached hydrogens (tertiary/aromatic N) is 8. The summed E-state index contributed by atoms with van der Waals surface area (Å²) in [6.45, 7) is 0. The molecule has 29 aromatic rings. The van der Waals surface area contributed by atoms with E-state index in [0.29, 0.717) is 0 Å². The van der Waals surface area contributed by atoms with Crippen molar-refractivity contribution in [2.24, 2.45) is 0 Å². The highest BCUT2D eigenvalue weighted by Crippen LogP contribution is 2.48. The van der Waals surface area contributed by atoms with Crippen LogP contribution in [0.15, 0.2) is 528 Å². The van der Waals surface area contributed by atoms with Crippen LogP contribution in [0.1, 0.15) is 0 Å². The van der Waals surface area contributed by atoms with E-state index in [-0.39, 0.29) is 0 Å². The molecular weight excluding hydrogens is 1760 g/mol. The van der Waals surface area contributed by atoms with Gasteiger partial charge in [0.1, 0.15) is 16.9 Å². The Labute approximate surface area is 824 Å². The smallest absolute Gasteiger partial charge is 0.171 e. The van der Waals surface area contributed by atoms with E-state index in [1.54, 1.807) is 0 Å². The van der Waals surface area contributed by atoms with Crippen molar-refractivity contribution in [3.05, 3.63) is 528 Å². The van der Waals surface area contributed by atoms with Gasteiger partial charge < -0.3 is 14.4 Å². The van der Waals surface area contributed by atoms with Crippen molar-refractivity contribution in [3.63, 3.8) is 0 Å². The van der Waals surface area contributed by atoms with E-state index in [2.05, 4.69) is 472 Å². The third-order valence-electron chi connectivity index (χ3n) is 28.6. The van der Waals surface area contributed by atoms with Crippen molar-refractivity contribution in [3.8, 4) is 44.5 Å². The quantitative estimate of drug-likeness (QED) is 0.0650. The van der Waals surface area contributed by atoms with Crippen LogP contribution in [-0.4, -0.2) is 28.2 Å². The number of benzene rings is 23. The van der Waals surface area contributed by atoms with Gasteiger partial charge in [-0.15, -0.1) is 0 Å². The standard InChI is InChI=1S/C47H31N3.C45H29N3.C41H27N2OP/c1-3-11-32(12-4-1)34-19-23-38(24-20-34)49(39-25-21-35(22-26-39)33-13-5-2-6-14-33)40-27-28-45-42(31-40)41-29-36-15-7-8-16-37(36)30-43(41)47-48-44-17-9-10-18-46(44)50(45)47;1-2-15-35(16-3-1)47(42-20-10-14-31-11-6-7-17-37(31)42)36-24-21-30(22-25-36)34-23-26-43-39(28-34)38-27-32-12-4-5-13-33(32)29-40(38)45-46-41-18-8-9-19-44(41)48(43)45;44-45(32-13-3-1-4-14-32,33-15-5-2-6-16-33)34-22-19-28(20-23-34)31-21-24-39-36(26-31)35-25-29-11-7-8-12-30(29)27-37(35)41-42-38-17-9-10-18-40(38)43(39)41/h1-31H;1-29H;1-27H. The van der Waals surface area contributed by atoms with E-state index in [1.165, 1.54) is 114 Å². The molecule has 6 heterocycles. The molecule has 0 saturated carbocycles.